The van der Waals surface area contributed by atoms with Crippen molar-refractivity contribution in [2.45, 2.75) is 19.8 Å². The van der Waals surface area contributed by atoms with Gasteiger partial charge in [0.05, 0.1) is 5.56 Å². The number of aryl methyl sites for hydroxylation is 1. The molecule has 92 valence electrons. The van der Waals surface area contributed by atoms with Crippen LogP contribution in [-0.4, -0.2) is 26.5 Å². The van der Waals surface area contributed by atoms with Crippen LogP contribution in [0.5, 0.6) is 0 Å². The second-order valence-corrected chi connectivity index (χ2v) is 4.36. The summed E-state index contributed by atoms with van der Waals surface area (Å²) < 4.78 is 0. The van der Waals surface area contributed by atoms with Crippen molar-refractivity contribution < 1.29 is 0 Å². The van der Waals surface area contributed by atoms with E-state index >= 15 is 0 Å². The Morgan fingerprint density at radius 1 is 1.28 bits per heavy atom. The number of H-pyrrole nitrogens is 1. The molecule has 0 aromatic carbocycles. The van der Waals surface area contributed by atoms with Crippen molar-refractivity contribution in [1.82, 2.24) is 19.9 Å². The maximum atomic E-state index is 11.9. The lowest BCUT2D eigenvalue weighted by Crippen LogP contribution is -2.24. The van der Waals surface area contributed by atoms with Gasteiger partial charge in [0.1, 0.15) is 5.82 Å². The van der Waals surface area contributed by atoms with Gasteiger partial charge in [-0.15, -0.1) is 0 Å². The Kier molecular flexibility index (Phi) is 2.55. The zero-order valence-corrected chi connectivity index (χ0v) is 10.0. The number of anilines is 1. The van der Waals surface area contributed by atoms with Gasteiger partial charge in [-0.3, -0.25) is 4.79 Å². The Balaban J connectivity index is 2.11. The Morgan fingerprint density at radius 3 is 2.83 bits per heavy atom. The van der Waals surface area contributed by atoms with E-state index in [1.807, 2.05) is 6.92 Å². The summed E-state index contributed by atoms with van der Waals surface area (Å²) in [6.45, 7) is 2.76. The highest BCUT2D eigenvalue weighted by Gasteiger charge is 2.16. The van der Waals surface area contributed by atoms with Gasteiger partial charge in [0.25, 0.3) is 5.56 Å². The van der Waals surface area contributed by atoms with E-state index in [0.717, 1.165) is 30.5 Å². The first-order valence-corrected chi connectivity index (χ1v) is 5.90. The molecular weight excluding hydrogens is 230 g/mol. The number of nitrogens with one attached hydrogen (secondary N) is 2. The summed E-state index contributed by atoms with van der Waals surface area (Å²) in [7, 11) is 0. The molecule has 3 rings (SSSR count). The molecule has 1 aliphatic heterocycles. The Bertz CT molecular complexity index is 632. The SMILES string of the molecule is Cc1cnc(-c2nc3c(c(=O)[nH]2)CCCN3)nc1. The average Bonchev–Trinajstić information content (AvgIpc) is 2.39. The predicted molar refractivity (Wildman–Crippen MR) is 67.4 cm³/mol. The third-order valence-electron chi connectivity index (χ3n) is 2.90. The third-order valence-corrected chi connectivity index (χ3v) is 2.90. The van der Waals surface area contributed by atoms with Crippen molar-refractivity contribution in [3.05, 3.63) is 33.9 Å². The van der Waals surface area contributed by atoms with Gasteiger partial charge in [-0.25, -0.2) is 15.0 Å². The molecule has 2 N–H and O–H groups in total. The van der Waals surface area contributed by atoms with E-state index in [4.69, 9.17) is 0 Å². The summed E-state index contributed by atoms with van der Waals surface area (Å²) in [5.41, 5.74) is 1.58. The summed E-state index contributed by atoms with van der Waals surface area (Å²) in [5.74, 6) is 1.50. The number of hydrogen-bond acceptors (Lipinski definition) is 5. The highest BCUT2D eigenvalue weighted by atomic mass is 16.1. The van der Waals surface area contributed by atoms with Crippen LogP contribution in [0.3, 0.4) is 0 Å². The number of nitrogens with zero attached hydrogens (tertiary/aromatic N) is 3. The highest BCUT2D eigenvalue weighted by molar-refractivity contribution is 5.52. The summed E-state index contributed by atoms with van der Waals surface area (Å²) in [6.07, 6.45) is 5.13. The minimum atomic E-state index is -0.105. The molecule has 0 atom stereocenters. The second kappa shape index (κ2) is 4.21. The second-order valence-electron chi connectivity index (χ2n) is 4.36. The minimum absolute atomic E-state index is 0.105. The molecule has 2 aromatic heterocycles. The standard InChI is InChI=1S/C12H13N5O/c1-7-5-14-10(15-6-7)11-16-9-8(12(18)17-11)3-2-4-13-9/h5-6H,2-4H2,1H3,(H2,13,16,17,18). The maximum Gasteiger partial charge on any atom is 0.256 e. The molecule has 0 saturated carbocycles. The molecule has 6 heteroatoms. The number of rotatable bonds is 1. The Morgan fingerprint density at radius 2 is 2.06 bits per heavy atom. The average molecular weight is 243 g/mol. The van der Waals surface area contributed by atoms with Crippen LogP contribution < -0.4 is 10.9 Å². The molecular formula is C12H13N5O. The number of hydrogen-bond donors (Lipinski definition) is 2. The zero-order chi connectivity index (χ0) is 12.5. The van der Waals surface area contributed by atoms with Crippen molar-refractivity contribution in [2.24, 2.45) is 0 Å². The largest absolute Gasteiger partial charge is 0.370 e. The molecule has 18 heavy (non-hydrogen) atoms. The van der Waals surface area contributed by atoms with Crippen LogP contribution >= 0.6 is 0 Å². The molecule has 0 aliphatic carbocycles. The van der Waals surface area contributed by atoms with Gasteiger partial charge < -0.3 is 10.3 Å². The van der Waals surface area contributed by atoms with E-state index in [2.05, 4.69) is 25.3 Å². The van der Waals surface area contributed by atoms with Crippen LogP contribution in [0, 0.1) is 6.92 Å². The van der Waals surface area contributed by atoms with E-state index < -0.39 is 0 Å². The van der Waals surface area contributed by atoms with Crippen LogP contribution in [-0.2, 0) is 6.42 Å². The minimum Gasteiger partial charge on any atom is -0.370 e. The van der Waals surface area contributed by atoms with Crippen molar-refractivity contribution in [3.63, 3.8) is 0 Å². The lowest BCUT2D eigenvalue weighted by Gasteiger charge is -2.16. The topological polar surface area (TPSA) is 83.6 Å². The van der Waals surface area contributed by atoms with Crippen LogP contribution in [0.2, 0.25) is 0 Å². The van der Waals surface area contributed by atoms with Gasteiger partial charge in [0, 0.05) is 18.9 Å². The first kappa shape index (κ1) is 10.9. The van der Waals surface area contributed by atoms with E-state index in [1.165, 1.54) is 0 Å². The van der Waals surface area contributed by atoms with Gasteiger partial charge in [-0.1, -0.05) is 0 Å². The van der Waals surface area contributed by atoms with Crippen molar-refractivity contribution in [1.29, 1.82) is 0 Å². The Hall–Kier alpha value is -2.24. The van der Waals surface area contributed by atoms with Gasteiger partial charge >= 0.3 is 0 Å². The molecule has 0 spiro atoms. The maximum absolute atomic E-state index is 11.9. The van der Waals surface area contributed by atoms with Gasteiger partial charge in [-0.2, -0.15) is 0 Å². The number of aromatic nitrogens is 4. The molecule has 0 fully saturated rings. The fraction of sp³-hybridized carbons (Fsp3) is 0.333. The van der Waals surface area contributed by atoms with E-state index in [-0.39, 0.29) is 5.56 Å². The molecule has 0 amide bonds. The fourth-order valence-corrected chi connectivity index (χ4v) is 1.97. The quantitative estimate of drug-likeness (QED) is 0.777. The van der Waals surface area contributed by atoms with E-state index in [1.54, 1.807) is 12.4 Å². The summed E-state index contributed by atoms with van der Waals surface area (Å²) >= 11 is 0. The monoisotopic (exact) mass is 243 g/mol. The predicted octanol–water partition coefficient (Wildman–Crippen LogP) is 0.893. The molecule has 6 nitrogen and oxygen atoms in total. The van der Waals surface area contributed by atoms with E-state index in [9.17, 15) is 4.79 Å². The normalized spacial score (nSPS) is 13.8. The zero-order valence-electron chi connectivity index (χ0n) is 10.0. The molecule has 0 bridgehead atoms. The molecule has 0 unspecified atom stereocenters. The van der Waals surface area contributed by atoms with Crippen LogP contribution in [0.15, 0.2) is 17.2 Å². The first-order chi connectivity index (χ1) is 8.74. The molecule has 0 saturated heterocycles. The lowest BCUT2D eigenvalue weighted by molar-refractivity contribution is 0.798. The lowest BCUT2D eigenvalue weighted by atomic mass is 10.1. The fourth-order valence-electron chi connectivity index (χ4n) is 1.97. The smallest absolute Gasteiger partial charge is 0.256 e. The van der Waals surface area contributed by atoms with Crippen molar-refractivity contribution >= 4 is 5.82 Å². The van der Waals surface area contributed by atoms with Gasteiger partial charge in [0.2, 0.25) is 0 Å². The van der Waals surface area contributed by atoms with Crippen LogP contribution in [0.1, 0.15) is 17.5 Å². The van der Waals surface area contributed by atoms with Crippen molar-refractivity contribution in [2.75, 3.05) is 11.9 Å². The van der Waals surface area contributed by atoms with Gasteiger partial charge in [-0.05, 0) is 25.3 Å². The molecule has 3 heterocycles. The third kappa shape index (κ3) is 1.85. The number of fused-ring (bicyclic) bond motifs is 1. The number of aromatic amines is 1. The van der Waals surface area contributed by atoms with Crippen molar-refractivity contribution in [3.8, 4) is 11.6 Å². The highest BCUT2D eigenvalue weighted by Crippen LogP contribution is 2.17. The Labute approximate surface area is 104 Å². The molecule has 2 aromatic rings. The molecule has 0 radical (unpaired) electrons. The summed E-state index contributed by atoms with van der Waals surface area (Å²) in [4.78, 5) is 27.4. The summed E-state index contributed by atoms with van der Waals surface area (Å²) in [5, 5.41) is 3.14. The van der Waals surface area contributed by atoms with Crippen LogP contribution in [0.4, 0.5) is 5.82 Å². The van der Waals surface area contributed by atoms with Gasteiger partial charge in [0.15, 0.2) is 11.6 Å². The molecule has 1 aliphatic rings. The van der Waals surface area contributed by atoms with Crippen LogP contribution in [0.25, 0.3) is 11.6 Å². The van der Waals surface area contributed by atoms with E-state index in [0.29, 0.717) is 17.5 Å². The summed E-state index contributed by atoms with van der Waals surface area (Å²) in [6, 6.07) is 0. The first-order valence-electron chi connectivity index (χ1n) is 5.90.